The number of halogens is 4. The van der Waals surface area contributed by atoms with E-state index in [1.54, 1.807) is 0 Å². The first-order chi connectivity index (χ1) is 16.5. The van der Waals surface area contributed by atoms with Crippen molar-refractivity contribution in [3.63, 3.8) is 0 Å². The fraction of sp³-hybridized carbons (Fsp3) is 0. The van der Waals surface area contributed by atoms with Gasteiger partial charge in [0.15, 0.2) is 5.78 Å². The number of hydrogen-bond donors (Lipinski definition) is 4. The topological polar surface area (TPSA) is 183 Å². The minimum absolute atomic E-state index is 0. The van der Waals surface area contributed by atoms with Crippen LogP contribution in [0.2, 0.25) is 0 Å². The Labute approximate surface area is 294 Å². The predicted octanol–water partition coefficient (Wildman–Crippen LogP) is 4.34. The van der Waals surface area contributed by atoms with Gasteiger partial charge in [-0.15, -0.1) is 0 Å². The number of allylic oxidation sites excluding steroid dienone is 5. The van der Waals surface area contributed by atoms with Gasteiger partial charge in [-0.05, 0) is 105 Å². The van der Waals surface area contributed by atoms with E-state index >= 15 is 0 Å². The maximum Gasteiger partial charge on any atom is 0.337 e. The van der Waals surface area contributed by atoms with Crippen LogP contribution in [0.4, 0.5) is 0 Å². The number of phenolic OH excluding ortho intramolecular Hbond substituents is 1. The molecule has 18 heteroatoms. The molecular weight excluding hydrogens is 830 g/mol. The van der Waals surface area contributed by atoms with Gasteiger partial charge in [-0.25, -0.2) is 4.79 Å². The van der Waals surface area contributed by atoms with Crippen LogP contribution in [0.15, 0.2) is 69.7 Å². The van der Waals surface area contributed by atoms with Crippen molar-refractivity contribution in [1.82, 2.24) is 0 Å². The van der Waals surface area contributed by atoms with E-state index in [0.717, 1.165) is 30.4 Å². The van der Waals surface area contributed by atoms with E-state index in [9.17, 15) is 45.7 Å². The van der Waals surface area contributed by atoms with Gasteiger partial charge in [0.05, 0.1) is 5.56 Å². The molecule has 1 aliphatic carbocycles. The molecule has 0 aromatic heterocycles. The number of rotatable bonds is 5. The number of hydrogen-bond acceptors (Lipinski definition) is 7. The second-order valence-corrected chi connectivity index (χ2v) is 12.9. The van der Waals surface area contributed by atoms with E-state index in [-0.39, 0.29) is 100 Å². The first-order valence-electron chi connectivity index (χ1n) is 9.03. The molecule has 0 atom stereocenters. The third-order valence-corrected chi connectivity index (χ3v) is 11.3. The Hall–Kier alpha value is 0.340. The Morgan fingerprint density at radius 1 is 0.789 bits per heavy atom. The summed E-state index contributed by atoms with van der Waals surface area (Å²) >= 11 is 13.0. The summed E-state index contributed by atoms with van der Waals surface area (Å²) in [6, 6.07) is 2.93. The quantitative estimate of drug-likeness (QED) is 0.146. The normalized spacial score (nSPS) is 14.8. The molecule has 10 nitrogen and oxygen atoms in total. The van der Waals surface area contributed by atoms with E-state index < -0.39 is 47.5 Å². The minimum atomic E-state index is -5.01. The van der Waals surface area contributed by atoms with E-state index in [1.807, 2.05) is 0 Å². The Bertz CT molecular complexity index is 1680. The molecule has 2 aromatic carbocycles. The van der Waals surface area contributed by atoms with Crippen LogP contribution in [0.5, 0.6) is 5.75 Å². The maximum atomic E-state index is 12.3. The van der Waals surface area contributed by atoms with Gasteiger partial charge in [0.2, 0.25) is 0 Å². The standard InChI is InChI=1S/C20H10Br4O10S2.2Na/c21-16-14(15(20(27)28)17(22)19(24)18(16)23)13(7-1-3-9(25)11(5-7)35(29,30)31)8-2-4-10(26)12(6-8)36(32,33)34;;/h1-6,25H,(H,27,28)(H,29,30,31)(H,32,33,34);;/b13-8-;;. The number of carboxylic acids is 1. The molecule has 0 heterocycles. The monoisotopic (exact) mass is 836 g/mol. The molecule has 1 aliphatic rings. The molecule has 38 heavy (non-hydrogen) atoms. The molecule has 0 unspecified atom stereocenters. The molecule has 3 rings (SSSR count). The molecule has 2 radical (unpaired) electrons. The second-order valence-electron chi connectivity index (χ2n) is 6.98. The van der Waals surface area contributed by atoms with Crippen LogP contribution in [0.3, 0.4) is 0 Å². The van der Waals surface area contributed by atoms with E-state index in [0.29, 0.717) is 4.47 Å². The van der Waals surface area contributed by atoms with Crippen molar-refractivity contribution in [2.75, 3.05) is 0 Å². The van der Waals surface area contributed by atoms with Gasteiger partial charge in [0.25, 0.3) is 20.2 Å². The summed E-state index contributed by atoms with van der Waals surface area (Å²) in [5, 5.41) is 20.0. The molecule has 0 bridgehead atoms. The predicted molar refractivity (Wildman–Crippen MR) is 153 cm³/mol. The molecule has 0 fully saturated rings. The van der Waals surface area contributed by atoms with E-state index in [1.165, 1.54) is 6.07 Å². The van der Waals surface area contributed by atoms with Crippen molar-refractivity contribution in [3.8, 4) is 5.75 Å². The molecule has 192 valence electrons. The van der Waals surface area contributed by atoms with E-state index in [4.69, 9.17) is 0 Å². The zero-order valence-electron chi connectivity index (χ0n) is 19.0. The Kier molecular flexibility index (Phi) is 13.0. The average Bonchev–Trinajstić information content (AvgIpc) is 2.76. The van der Waals surface area contributed by atoms with Gasteiger partial charge in [-0.1, -0.05) is 12.1 Å². The van der Waals surface area contributed by atoms with Crippen LogP contribution in [0, 0.1) is 0 Å². The van der Waals surface area contributed by atoms with Gasteiger partial charge in [0, 0.05) is 82.6 Å². The second kappa shape index (κ2) is 13.5. The van der Waals surface area contributed by atoms with Gasteiger partial charge in [-0.2, -0.15) is 16.8 Å². The number of carbonyl (C=O) groups is 2. The van der Waals surface area contributed by atoms with Gasteiger partial charge >= 0.3 is 5.97 Å². The molecule has 0 amide bonds. The summed E-state index contributed by atoms with van der Waals surface area (Å²) in [7, 11) is -9.96. The molecular formula is C20H10Br4Na2O10S2. The number of ketones is 1. The summed E-state index contributed by atoms with van der Waals surface area (Å²) in [6.07, 6.45) is 2.74. The fourth-order valence-corrected chi connectivity index (χ4v) is 6.96. The van der Waals surface area contributed by atoms with Crippen LogP contribution in [0.1, 0.15) is 21.5 Å². The number of aromatic carboxylic acids is 1. The zero-order valence-corrected chi connectivity index (χ0v) is 31.0. The molecule has 0 aliphatic heterocycles. The van der Waals surface area contributed by atoms with Crippen molar-refractivity contribution in [2.45, 2.75) is 4.90 Å². The number of aromatic hydroxyl groups is 1. The van der Waals surface area contributed by atoms with E-state index in [2.05, 4.69) is 63.7 Å². The van der Waals surface area contributed by atoms with Crippen LogP contribution < -0.4 is 0 Å². The minimum Gasteiger partial charge on any atom is -0.506 e. The third-order valence-electron chi connectivity index (χ3n) is 4.77. The number of benzene rings is 2. The maximum absolute atomic E-state index is 12.3. The number of phenols is 1. The van der Waals surface area contributed by atoms with Crippen LogP contribution in [-0.4, -0.2) is 107 Å². The van der Waals surface area contributed by atoms with Crippen molar-refractivity contribution in [3.05, 3.63) is 81.5 Å². The number of carboxylic acid groups (broad SMARTS) is 1. The van der Waals surface area contributed by atoms with Gasteiger partial charge in [0.1, 0.15) is 15.6 Å². The zero-order chi connectivity index (χ0) is 27.3. The van der Waals surface area contributed by atoms with Crippen molar-refractivity contribution in [1.29, 1.82) is 0 Å². The summed E-state index contributed by atoms with van der Waals surface area (Å²) < 4.78 is 67.1. The summed E-state index contributed by atoms with van der Waals surface area (Å²) in [4.78, 5) is 22.5. The van der Waals surface area contributed by atoms with Crippen molar-refractivity contribution in [2.24, 2.45) is 0 Å². The SMILES string of the molecule is O=C1C=C/C(=C(\c2ccc(O)c(S(=O)(=O)O)c2)c2c(Br)c(Br)c(Br)c(Br)c2C(=O)O)C=C1S(=O)(=O)O.[Na].[Na]. The summed E-state index contributed by atoms with van der Waals surface area (Å²) in [5.74, 6) is -3.32. The Morgan fingerprint density at radius 3 is 1.79 bits per heavy atom. The fourth-order valence-electron chi connectivity index (χ4n) is 3.26. The number of carbonyl (C=O) groups excluding carboxylic acids is 1. The summed E-state index contributed by atoms with van der Waals surface area (Å²) in [6.45, 7) is 0. The Balaban J connectivity index is 0.00000361. The van der Waals surface area contributed by atoms with Gasteiger partial charge in [-0.3, -0.25) is 13.9 Å². The van der Waals surface area contributed by atoms with Crippen molar-refractivity contribution >= 4 is 160 Å². The third kappa shape index (κ3) is 7.40. The average molecular weight is 840 g/mol. The molecule has 0 saturated carbocycles. The largest absolute Gasteiger partial charge is 0.506 e. The smallest absolute Gasteiger partial charge is 0.337 e. The molecule has 0 saturated heterocycles. The summed E-state index contributed by atoms with van der Waals surface area (Å²) in [5.41, 5.74) is -0.851. The first-order valence-corrected chi connectivity index (χ1v) is 15.1. The van der Waals surface area contributed by atoms with Crippen LogP contribution in [0.25, 0.3) is 5.57 Å². The Morgan fingerprint density at radius 2 is 1.32 bits per heavy atom. The molecule has 0 spiro atoms. The molecule has 2 aromatic rings. The van der Waals surface area contributed by atoms with Crippen LogP contribution in [-0.2, 0) is 25.0 Å². The van der Waals surface area contributed by atoms with Crippen molar-refractivity contribution < 1.29 is 45.7 Å². The van der Waals surface area contributed by atoms with Gasteiger partial charge < -0.3 is 10.2 Å². The van der Waals surface area contributed by atoms with Crippen LogP contribution >= 0.6 is 63.7 Å². The first kappa shape index (κ1) is 36.4. The molecule has 4 N–H and O–H groups in total.